The number of likely N-dealkylation sites (N-methyl/N-ethyl adjacent to an activating group) is 1. The van der Waals surface area contributed by atoms with E-state index in [-0.39, 0.29) is 30.3 Å². The molecule has 0 aromatic heterocycles. The molecule has 0 saturated carbocycles. The first-order valence-electron chi connectivity index (χ1n) is 8.04. The number of carbonyl (C=O) groups is 1. The predicted molar refractivity (Wildman–Crippen MR) is 78.5 cm³/mol. The molecule has 1 amide bonds. The number of hydrogen-bond acceptors (Lipinski definition) is 6. The lowest BCUT2D eigenvalue weighted by molar-refractivity contribution is -0.138. The molecule has 7 heteroatoms. The van der Waals surface area contributed by atoms with Crippen LogP contribution < -0.4 is 0 Å². The van der Waals surface area contributed by atoms with Crippen molar-refractivity contribution in [2.75, 3.05) is 46.9 Å². The molecule has 3 rings (SSSR count). The highest BCUT2D eigenvalue weighted by Gasteiger charge is 2.50. The third-order valence-electron chi connectivity index (χ3n) is 4.59. The smallest absolute Gasteiger partial charge is 0.225 e. The van der Waals surface area contributed by atoms with E-state index in [4.69, 9.17) is 14.2 Å². The number of ether oxygens (including phenoxy) is 3. The van der Waals surface area contributed by atoms with E-state index in [1.54, 1.807) is 0 Å². The van der Waals surface area contributed by atoms with E-state index in [0.717, 1.165) is 0 Å². The highest BCUT2D eigenvalue weighted by molar-refractivity contribution is 5.76. The summed E-state index contributed by atoms with van der Waals surface area (Å²) in [7, 11) is 3.91. The van der Waals surface area contributed by atoms with Gasteiger partial charge in [-0.1, -0.05) is 0 Å². The molecule has 1 N–H and O–H groups in total. The van der Waals surface area contributed by atoms with Gasteiger partial charge in [-0.2, -0.15) is 0 Å². The van der Waals surface area contributed by atoms with Gasteiger partial charge in [-0.3, -0.25) is 4.79 Å². The second kappa shape index (κ2) is 6.80. The van der Waals surface area contributed by atoms with Crippen molar-refractivity contribution in [2.45, 2.75) is 43.4 Å². The molecule has 3 heterocycles. The minimum absolute atomic E-state index is 0.0950. The molecule has 3 saturated heterocycles. The monoisotopic (exact) mass is 314 g/mol. The molecule has 0 radical (unpaired) electrons. The zero-order valence-corrected chi connectivity index (χ0v) is 13.3. The quantitative estimate of drug-likeness (QED) is 0.724. The van der Waals surface area contributed by atoms with Crippen LogP contribution in [0, 0.1) is 0 Å². The number of aliphatic hydroxyl groups excluding tert-OH is 1. The topological polar surface area (TPSA) is 71.5 Å². The highest BCUT2D eigenvalue weighted by Crippen LogP contribution is 2.35. The maximum atomic E-state index is 12.2. The van der Waals surface area contributed by atoms with Gasteiger partial charge in [0, 0.05) is 26.1 Å². The molecule has 0 bridgehead atoms. The number of carbonyl (C=O) groups excluding carboxylic acids is 1. The van der Waals surface area contributed by atoms with Crippen molar-refractivity contribution in [3.63, 3.8) is 0 Å². The van der Waals surface area contributed by atoms with Crippen molar-refractivity contribution in [1.29, 1.82) is 0 Å². The number of nitrogens with zero attached hydrogens (tertiary/aromatic N) is 2. The Morgan fingerprint density at radius 1 is 1.27 bits per heavy atom. The third-order valence-corrected chi connectivity index (χ3v) is 4.59. The predicted octanol–water partition coefficient (Wildman–Crippen LogP) is -0.917. The molecule has 5 atom stereocenters. The zero-order valence-electron chi connectivity index (χ0n) is 13.3. The van der Waals surface area contributed by atoms with Crippen LogP contribution in [0.4, 0.5) is 0 Å². The Labute approximate surface area is 131 Å². The van der Waals surface area contributed by atoms with Crippen LogP contribution in [0.5, 0.6) is 0 Å². The summed E-state index contributed by atoms with van der Waals surface area (Å²) in [5, 5.41) is 10.3. The van der Waals surface area contributed by atoms with Gasteiger partial charge in [0.05, 0.1) is 37.9 Å². The van der Waals surface area contributed by atoms with Crippen LogP contribution in [0.1, 0.15) is 12.8 Å². The van der Waals surface area contributed by atoms with E-state index in [9.17, 15) is 9.90 Å². The standard InChI is InChI=1S/C15H26N2O5/c1-16(2)9-12-14(19)15-11(22-12)7-10(21-15)8-13(18)17-3-5-20-6-4-17/h10-12,14-15,19H,3-9H2,1-2H3. The minimum Gasteiger partial charge on any atom is -0.388 e. The first kappa shape index (κ1) is 16.1. The van der Waals surface area contributed by atoms with Gasteiger partial charge in [0.1, 0.15) is 12.2 Å². The first-order chi connectivity index (χ1) is 10.5. The lowest BCUT2D eigenvalue weighted by Gasteiger charge is -2.28. The summed E-state index contributed by atoms with van der Waals surface area (Å²) in [6.07, 6.45) is -0.324. The summed E-state index contributed by atoms with van der Waals surface area (Å²) >= 11 is 0. The van der Waals surface area contributed by atoms with Crippen LogP contribution in [0.2, 0.25) is 0 Å². The van der Waals surface area contributed by atoms with Crippen molar-refractivity contribution in [2.24, 2.45) is 0 Å². The molecular formula is C15H26N2O5. The lowest BCUT2D eigenvalue weighted by atomic mass is 10.1. The maximum absolute atomic E-state index is 12.2. The molecule has 7 nitrogen and oxygen atoms in total. The molecule has 22 heavy (non-hydrogen) atoms. The summed E-state index contributed by atoms with van der Waals surface area (Å²) in [6, 6.07) is 0. The van der Waals surface area contributed by atoms with Crippen molar-refractivity contribution in [1.82, 2.24) is 9.80 Å². The number of aliphatic hydroxyl groups is 1. The number of hydrogen-bond donors (Lipinski definition) is 1. The number of morpholine rings is 1. The molecule has 3 aliphatic heterocycles. The van der Waals surface area contributed by atoms with Gasteiger partial charge in [-0.15, -0.1) is 0 Å². The van der Waals surface area contributed by atoms with Crippen LogP contribution >= 0.6 is 0 Å². The van der Waals surface area contributed by atoms with Crippen molar-refractivity contribution in [3.8, 4) is 0 Å². The van der Waals surface area contributed by atoms with Crippen molar-refractivity contribution in [3.05, 3.63) is 0 Å². The van der Waals surface area contributed by atoms with Crippen LogP contribution in [0.15, 0.2) is 0 Å². The van der Waals surface area contributed by atoms with Crippen molar-refractivity contribution < 1.29 is 24.1 Å². The molecule has 0 aromatic carbocycles. The van der Waals surface area contributed by atoms with Gasteiger partial charge in [0.2, 0.25) is 5.91 Å². The summed E-state index contributed by atoms with van der Waals surface area (Å²) < 4.78 is 17.1. The normalized spacial score (nSPS) is 38.5. The van der Waals surface area contributed by atoms with Gasteiger partial charge >= 0.3 is 0 Å². The first-order valence-corrected chi connectivity index (χ1v) is 8.04. The highest BCUT2D eigenvalue weighted by atomic mass is 16.6. The number of rotatable bonds is 4. The number of fused-ring (bicyclic) bond motifs is 1. The van der Waals surface area contributed by atoms with Crippen molar-refractivity contribution >= 4 is 5.91 Å². The Balaban J connectivity index is 1.49. The Morgan fingerprint density at radius 2 is 2.00 bits per heavy atom. The SMILES string of the molecule is CN(C)CC1OC2CC(CC(=O)N3CCOCC3)OC2C1O. The summed E-state index contributed by atoms with van der Waals surface area (Å²) in [5.41, 5.74) is 0. The van der Waals surface area contributed by atoms with E-state index in [1.807, 2.05) is 23.9 Å². The fraction of sp³-hybridized carbons (Fsp3) is 0.933. The van der Waals surface area contributed by atoms with Crippen LogP contribution in [0.25, 0.3) is 0 Å². The molecule has 5 unspecified atom stereocenters. The average molecular weight is 314 g/mol. The Bertz CT molecular complexity index is 399. The van der Waals surface area contributed by atoms with E-state index in [0.29, 0.717) is 45.7 Å². The Kier molecular flexibility index (Phi) is 4.99. The molecule has 3 fully saturated rings. The molecule has 0 spiro atoms. The van der Waals surface area contributed by atoms with E-state index < -0.39 is 6.10 Å². The van der Waals surface area contributed by atoms with E-state index in [1.165, 1.54) is 0 Å². The van der Waals surface area contributed by atoms with Gasteiger partial charge in [-0.25, -0.2) is 0 Å². The largest absolute Gasteiger partial charge is 0.388 e. The number of amides is 1. The summed E-state index contributed by atoms with van der Waals surface area (Å²) in [6.45, 7) is 3.20. The molecule has 0 aliphatic carbocycles. The lowest BCUT2D eigenvalue weighted by Crippen LogP contribution is -2.42. The van der Waals surface area contributed by atoms with Crippen LogP contribution in [0.3, 0.4) is 0 Å². The van der Waals surface area contributed by atoms with Gasteiger partial charge in [0.15, 0.2) is 0 Å². The molecule has 3 aliphatic rings. The zero-order chi connectivity index (χ0) is 15.7. The maximum Gasteiger partial charge on any atom is 0.225 e. The Morgan fingerprint density at radius 3 is 2.64 bits per heavy atom. The summed E-state index contributed by atoms with van der Waals surface area (Å²) in [5.74, 6) is 0.104. The summed E-state index contributed by atoms with van der Waals surface area (Å²) in [4.78, 5) is 16.1. The Hall–Kier alpha value is -0.730. The van der Waals surface area contributed by atoms with Gasteiger partial charge < -0.3 is 29.1 Å². The second-order valence-electron chi connectivity index (χ2n) is 6.62. The fourth-order valence-corrected chi connectivity index (χ4v) is 3.49. The van der Waals surface area contributed by atoms with Crippen LogP contribution in [-0.4, -0.2) is 98.3 Å². The average Bonchev–Trinajstić information content (AvgIpc) is 2.99. The minimum atomic E-state index is -0.615. The van der Waals surface area contributed by atoms with E-state index in [2.05, 4.69) is 0 Å². The van der Waals surface area contributed by atoms with E-state index >= 15 is 0 Å². The molecular weight excluding hydrogens is 288 g/mol. The second-order valence-corrected chi connectivity index (χ2v) is 6.62. The molecule has 0 aromatic rings. The molecule has 126 valence electrons. The van der Waals surface area contributed by atoms with Gasteiger partial charge in [-0.05, 0) is 14.1 Å². The van der Waals surface area contributed by atoms with Crippen LogP contribution in [-0.2, 0) is 19.0 Å². The third kappa shape index (κ3) is 3.44. The fourth-order valence-electron chi connectivity index (χ4n) is 3.49. The van der Waals surface area contributed by atoms with Gasteiger partial charge in [0.25, 0.3) is 0 Å².